The lowest BCUT2D eigenvalue weighted by atomic mass is 9.93. The SMILES string of the molecule is CC1CCN(C(=O)c2ccc3c(c2)CC(c2ccccc2)OC3=O)C1. The first-order valence-corrected chi connectivity index (χ1v) is 8.80. The minimum absolute atomic E-state index is 0.0577. The number of amides is 1. The van der Waals surface area contributed by atoms with Gasteiger partial charge in [0.25, 0.3) is 5.91 Å². The van der Waals surface area contributed by atoms with E-state index in [2.05, 4.69) is 6.92 Å². The molecule has 0 saturated carbocycles. The van der Waals surface area contributed by atoms with Gasteiger partial charge in [0, 0.05) is 25.1 Å². The topological polar surface area (TPSA) is 46.6 Å². The number of nitrogens with zero attached hydrogens (tertiary/aromatic N) is 1. The fraction of sp³-hybridized carbons (Fsp3) is 0.333. The second-order valence-corrected chi connectivity index (χ2v) is 7.03. The van der Waals surface area contributed by atoms with E-state index in [0.717, 1.165) is 30.6 Å². The van der Waals surface area contributed by atoms with E-state index in [1.54, 1.807) is 12.1 Å². The second-order valence-electron chi connectivity index (χ2n) is 7.03. The van der Waals surface area contributed by atoms with E-state index in [9.17, 15) is 9.59 Å². The Hall–Kier alpha value is -2.62. The normalized spacial score (nSPS) is 22.4. The quantitative estimate of drug-likeness (QED) is 0.788. The maximum atomic E-state index is 12.7. The summed E-state index contributed by atoms with van der Waals surface area (Å²) in [6.45, 7) is 3.79. The highest BCUT2D eigenvalue weighted by atomic mass is 16.5. The molecule has 1 fully saturated rings. The van der Waals surface area contributed by atoms with Gasteiger partial charge in [-0.3, -0.25) is 4.79 Å². The van der Waals surface area contributed by atoms with E-state index in [-0.39, 0.29) is 18.0 Å². The van der Waals surface area contributed by atoms with Crippen molar-refractivity contribution in [3.05, 3.63) is 70.8 Å². The molecule has 0 aliphatic carbocycles. The van der Waals surface area contributed by atoms with E-state index in [1.165, 1.54) is 0 Å². The minimum Gasteiger partial charge on any atom is -0.454 e. The number of cyclic esters (lactones) is 1. The summed E-state index contributed by atoms with van der Waals surface area (Å²) in [5.74, 6) is 0.297. The molecule has 0 N–H and O–H groups in total. The third-order valence-electron chi connectivity index (χ3n) is 5.11. The van der Waals surface area contributed by atoms with Crippen LogP contribution in [0.4, 0.5) is 0 Å². The summed E-state index contributed by atoms with van der Waals surface area (Å²) in [5.41, 5.74) is 3.10. The summed E-state index contributed by atoms with van der Waals surface area (Å²) in [4.78, 5) is 27.0. The number of benzene rings is 2. The zero-order valence-corrected chi connectivity index (χ0v) is 14.3. The molecule has 128 valence electrons. The average Bonchev–Trinajstić information content (AvgIpc) is 3.07. The Kier molecular flexibility index (Phi) is 4.04. The standard InChI is InChI=1S/C21H21NO3/c1-14-9-10-22(13-14)20(23)16-7-8-18-17(11-16)12-19(25-21(18)24)15-5-3-2-4-6-15/h2-8,11,14,19H,9-10,12-13H2,1H3. The Morgan fingerprint density at radius 1 is 1.16 bits per heavy atom. The van der Waals surface area contributed by atoms with Crippen molar-refractivity contribution in [1.82, 2.24) is 4.90 Å². The van der Waals surface area contributed by atoms with Crippen LogP contribution in [0.2, 0.25) is 0 Å². The van der Waals surface area contributed by atoms with Crippen molar-refractivity contribution < 1.29 is 14.3 Å². The molecule has 2 aromatic rings. The Balaban J connectivity index is 1.61. The van der Waals surface area contributed by atoms with Gasteiger partial charge in [0.2, 0.25) is 0 Å². The first-order valence-electron chi connectivity index (χ1n) is 8.80. The first-order chi connectivity index (χ1) is 12.1. The third-order valence-corrected chi connectivity index (χ3v) is 5.11. The predicted molar refractivity (Wildman–Crippen MR) is 94.4 cm³/mol. The fourth-order valence-corrected chi connectivity index (χ4v) is 3.68. The molecule has 1 amide bonds. The molecule has 0 aromatic heterocycles. The van der Waals surface area contributed by atoms with E-state index in [4.69, 9.17) is 4.74 Å². The molecule has 2 aliphatic heterocycles. The number of hydrogen-bond donors (Lipinski definition) is 0. The Morgan fingerprint density at radius 2 is 1.96 bits per heavy atom. The van der Waals surface area contributed by atoms with E-state index in [0.29, 0.717) is 23.5 Å². The molecule has 2 atom stereocenters. The summed E-state index contributed by atoms with van der Waals surface area (Å²) >= 11 is 0. The van der Waals surface area contributed by atoms with Crippen molar-refractivity contribution in [1.29, 1.82) is 0 Å². The lowest BCUT2D eigenvalue weighted by Gasteiger charge is -2.26. The highest BCUT2D eigenvalue weighted by Gasteiger charge is 2.29. The molecule has 25 heavy (non-hydrogen) atoms. The molecule has 2 heterocycles. The summed E-state index contributed by atoms with van der Waals surface area (Å²) in [7, 11) is 0. The maximum Gasteiger partial charge on any atom is 0.339 e. The zero-order valence-electron chi connectivity index (χ0n) is 14.3. The van der Waals surface area contributed by atoms with Crippen LogP contribution < -0.4 is 0 Å². The zero-order chi connectivity index (χ0) is 17.4. The van der Waals surface area contributed by atoms with Crippen LogP contribution in [0, 0.1) is 5.92 Å². The number of hydrogen-bond acceptors (Lipinski definition) is 3. The van der Waals surface area contributed by atoms with Gasteiger partial charge in [-0.1, -0.05) is 37.3 Å². The monoisotopic (exact) mass is 335 g/mol. The predicted octanol–water partition coefficient (Wildman–Crippen LogP) is 3.62. The van der Waals surface area contributed by atoms with E-state index >= 15 is 0 Å². The number of ether oxygens (including phenoxy) is 1. The largest absolute Gasteiger partial charge is 0.454 e. The molecule has 2 aromatic carbocycles. The number of likely N-dealkylation sites (tertiary alicyclic amines) is 1. The van der Waals surface area contributed by atoms with Gasteiger partial charge in [0.15, 0.2) is 0 Å². The number of fused-ring (bicyclic) bond motifs is 1. The molecule has 0 spiro atoms. The summed E-state index contributed by atoms with van der Waals surface area (Å²) in [6, 6.07) is 15.1. The molecule has 0 bridgehead atoms. The van der Waals surface area contributed by atoms with Crippen molar-refractivity contribution in [2.45, 2.75) is 25.9 Å². The van der Waals surface area contributed by atoms with Crippen molar-refractivity contribution in [2.24, 2.45) is 5.92 Å². The van der Waals surface area contributed by atoms with Gasteiger partial charge in [0.05, 0.1) is 5.56 Å². The van der Waals surface area contributed by atoms with Gasteiger partial charge in [-0.2, -0.15) is 0 Å². The molecule has 1 saturated heterocycles. The molecule has 0 radical (unpaired) electrons. The number of esters is 1. The van der Waals surface area contributed by atoms with Gasteiger partial charge in [0.1, 0.15) is 6.10 Å². The van der Waals surface area contributed by atoms with Crippen molar-refractivity contribution in [3.63, 3.8) is 0 Å². The van der Waals surface area contributed by atoms with Crippen LogP contribution in [0.5, 0.6) is 0 Å². The van der Waals surface area contributed by atoms with Crippen molar-refractivity contribution >= 4 is 11.9 Å². The maximum absolute atomic E-state index is 12.7. The average molecular weight is 335 g/mol. The van der Waals surface area contributed by atoms with Gasteiger partial charge in [-0.25, -0.2) is 4.79 Å². The summed E-state index contributed by atoms with van der Waals surface area (Å²) in [5, 5.41) is 0. The van der Waals surface area contributed by atoms with Gasteiger partial charge in [-0.15, -0.1) is 0 Å². The molecule has 4 nitrogen and oxygen atoms in total. The minimum atomic E-state index is -0.316. The highest BCUT2D eigenvalue weighted by molar-refractivity contribution is 5.98. The number of carbonyl (C=O) groups excluding carboxylic acids is 2. The van der Waals surface area contributed by atoms with E-state index in [1.807, 2.05) is 41.3 Å². The number of rotatable bonds is 2. The molecule has 4 heteroatoms. The van der Waals surface area contributed by atoms with Crippen molar-refractivity contribution in [2.75, 3.05) is 13.1 Å². The molecular formula is C21H21NO3. The Labute approximate surface area is 147 Å². The van der Waals surface area contributed by atoms with E-state index < -0.39 is 0 Å². The smallest absolute Gasteiger partial charge is 0.339 e. The second kappa shape index (κ2) is 6.36. The van der Waals surface area contributed by atoms with Crippen LogP contribution in [-0.2, 0) is 11.2 Å². The van der Waals surface area contributed by atoms with Crippen molar-refractivity contribution in [3.8, 4) is 0 Å². The van der Waals surface area contributed by atoms with Crippen LogP contribution in [0.25, 0.3) is 0 Å². The lowest BCUT2D eigenvalue weighted by Crippen LogP contribution is -2.29. The Morgan fingerprint density at radius 3 is 2.68 bits per heavy atom. The first kappa shape index (κ1) is 15.9. The molecular weight excluding hydrogens is 314 g/mol. The summed E-state index contributed by atoms with van der Waals surface area (Å²) in [6.07, 6.45) is 1.36. The van der Waals surface area contributed by atoms with Crippen LogP contribution >= 0.6 is 0 Å². The van der Waals surface area contributed by atoms with Crippen LogP contribution in [0.15, 0.2) is 48.5 Å². The summed E-state index contributed by atoms with van der Waals surface area (Å²) < 4.78 is 5.58. The lowest BCUT2D eigenvalue weighted by molar-refractivity contribution is 0.0252. The molecule has 2 aliphatic rings. The highest BCUT2D eigenvalue weighted by Crippen LogP contribution is 2.31. The third kappa shape index (κ3) is 3.04. The molecule has 2 unspecified atom stereocenters. The van der Waals surface area contributed by atoms with Gasteiger partial charge < -0.3 is 9.64 Å². The van der Waals surface area contributed by atoms with Crippen LogP contribution in [-0.4, -0.2) is 29.9 Å². The van der Waals surface area contributed by atoms with Crippen LogP contribution in [0.3, 0.4) is 0 Å². The van der Waals surface area contributed by atoms with Gasteiger partial charge >= 0.3 is 5.97 Å². The fourth-order valence-electron chi connectivity index (χ4n) is 3.68. The number of carbonyl (C=O) groups is 2. The van der Waals surface area contributed by atoms with Gasteiger partial charge in [-0.05, 0) is 41.7 Å². The molecule has 4 rings (SSSR count). The van der Waals surface area contributed by atoms with Crippen LogP contribution in [0.1, 0.15) is 51.3 Å². The Bertz CT molecular complexity index is 815.